The van der Waals surface area contributed by atoms with Crippen LogP contribution < -0.4 is 5.73 Å². The van der Waals surface area contributed by atoms with E-state index in [1.807, 2.05) is 4.52 Å². The number of rotatable bonds is 4. The quantitative estimate of drug-likeness (QED) is 0.862. The molecule has 0 bridgehead atoms. The number of aryl methyl sites for hydroxylation is 1. The van der Waals surface area contributed by atoms with Crippen molar-refractivity contribution in [3.63, 3.8) is 0 Å². The fourth-order valence-electron chi connectivity index (χ4n) is 1.89. The summed E-state index contributed by atoms with van der Waals surface area (Å²) in [4.78, 5) is 0.884. The Hall–Kier alpha value is -1.01. The second-order valence-electron chi connectivity index (χ2n) is 4.37. The van der Waals surface area contributed by atoms with Crippen molar-refractivity contribution in [1.29, 1.82) is 0 Å². The molecule has 1 atom stereocenters. The van der Waals surface area contributed by atoms with Gasteiger partial charge >= 0.3 is 0 Å². The van der Waals surface area contributed by atoms with Crippen molar-refractivity contribution < 1.29 is 0 Å². The molecule has 2 aromatic rings. The molecule has 1 aliphatic rings. The van der Waals surface area contributed by atoms with Gasteiger partial charge in [-0.15, -0.1) is 10.2 Å². The normalized spacial score (nSPS) is 18.1. The van der Waals surface area contributed by atoms with Crippen LogP contribution in [0.2, 0.25) is 0 Å². The Kier molecular flexibility index (Phi) is 2.40. The van der Waals surface area contributed by atoms with E-state index in [0.29, 0.717) is 0 Å². The molecule has 6 heteroatoms. The lowest BCUT2D eigenvalue weighted by Gasteiger charge is -2.05. The highest BCUT2D eigenvalue weighted by molar-refractivity contribution is 7.16. The summed E-state index contributed by atoms with van der Waals surface area (Å²) in [6.07, 6.45) is 4.30. The summed E-state index contributed by atoms with van der Waals surface area (Å²) in [5.74, 6) is 1.65. The second kappa shape index (κ2) is 3.78. The van der Waals surface area contributed by atoms with Crippen LogP contribution in [0.3, 0.4) is 0 Å². The van der Waals surface area contributed by atoms with Crippen LogP contribution in [0.25, 0.3) is 4.96 Å². The molecule has 3 rings (SSSR count). The zero-order chi connectivity index (χ0) is 11.1. The molecule has 1 aliphatic carbocycles. The molecule has 0 spiro atoms. The Bertz CT molecular complexity index is 498. The fourth-order valence-corrected chi connectivity index (χ4v) is 2.82. The first-order valence-corrected chi connectivity index (χ1v) is 6.55. The molecule has 2 N–H and O–H groups in total. The Labute approximate surface area is 97.7 Å². The number of hydrogen-bond acceptors (Lipinski definition) is 5. The fraction of sp³-hybridized carbons (Fsp3) is 0.700. The van der Waals surface area contributed by atoms with Crippen molar-refractivity contribution >= 4 is 16.3 Å². The Morgan fingerprint density at radius 2 is 2.31 bits per heavy atom. The second-order valence-corrected chi connectivity index (χ2v) is 5.41. The summed E-state index contributed by atoms with van der Waals surface area (Å²) in [5, 5.41) is 13.8. The van der Waals surface area contributed by atoms with Crippen LogP contribution >= 0.6 is 11.3 Å². The molecule has 1 fully saturated rings. The molecule has 1 unspecified atom stereocenters. The standard InChI is InChI=1S/C10H15N5S/c1-2-8-12-13-10-15(8)14-9(16-10)5-7(11)6-3-4-6/h6-7H,2-5,11H2,1H3. The van der Waals surface area contributed by atoms with E-state index in [0.717, 1.165) is 34.6 Å². The minimum absolute atomic E-state index is 0.272. The first-order valence-electron chi connectivity index (χ1n) is 5.73. The van der Waals surface area contributed by atoms with Crippen LogP contribution in [0.1, 0.15) is 30.6 Å². The minimum atomic E-state index is 0.272. The molecular formula is C10H15N5S. The van der Waals surface area contributed by atoms with E-state index in [4.69, 9.17) is 5.73 Å². The number of hydrogen-bond donors (Lipinski definition) is 1. The van der Waals surface area contributed by atoms with Crippen molar-refractivity contribution in [1.82, 2.24) is 19.8 Å². The monoisotopic (exact) mass is 237 g/mol. The third-order valence-corrected chi connectivity index (χ3v) is 3.97. The summed E-state index contributed by atoms with van der Waals surface area (Å²) in [5.41, 5.74) is 6.09. The van der Waals surface area contributed by atoms with Crippen LogP contribution in [-0.2, 0) is 12.8 Å². The maximum Gasteiger partial charge on any atom is 0.234 e. The Morgan fingerprint density at radius 3 is 3.00 bits per heavy atom. The lowest BCUT2D eigenvalue weighted by Crippen LogP contribution is -2.25. The van der Waals surface area contributed by atoms with Crippen LogP contribution in [0.15, 0.2) is 0 Å². The van der Waals surface area contributed by atoms with Gasteiger partial charge in [-0.05, 0) is 18.8 Å². The van der Waals surface area contributed by atoms with Gasteiger partial charge in [-0.2, -0.15) is 9.61 Å². The van der Waals surface area contributed by atoms with Gasteiger partial charge in [0.05, 0.1) is 0 Å². The number of nitrogens with two attached hydrogens (primary N) is 1. The van der Waals surface area contributed by atoms with Gasteiger partial charge in [-0.1, -0.05) is 18.3 Å². The molecule has 2 aromatic heterocycles. The average molecular weight is 237 g/mol. The van der Waals surface area contributed by atoms with Crippen molar-refractivity contribution in [3.8, 4) is 0 Å². The SMILES string of the molecule is CCc1nnc2sc(CC(N)C3CC3)nn12. The minimum Gasteiger partial charge on any atom is -0.327 e. The molecule has 0 amide bonds. The molecule has 0 radical (unpaired) electrons. The first-order chi connectivity index (χ1) is 7.78. The first kappa shape index (κ1) is 10.2. The summed E-state index contributed by atoms with van der Waals surface area (Å²) in [6.45, 7) is 2.06. The maximum absolute atomic E-state index is 6.09. The van der Waals surface area contributed by atoms with Gasteiger partial charge in [-0.3, -0.25) is 0 Å². The molecule has 0 aromatic carbocycles. The lowest BCUT2D eigenvalue weighted by molar-refractivity contribution is 0.585. The van der Waals surface area contributed by atoms with Crippen LogP contribution in [-0.4, -0.2) is 25.9 Å². The third-order valence-electron chi connectivity index (χ3n) is 3.05. The summed E-state index contributed by atoms with van der Waals surface area (Å²) in [7, 11) is 0. The molecule has 5 nitrogen and oxygen atoms in total. The highest BCUT2D eigenvalue weighted by atomic mass is 32.1. The van der Waals surface area contributed by atoms with Crippen molar-refractivity contribution in [2.24, 2.45) is 11.7 Å². The van der Waals surface area contributed by atoms with Crippen molar-refractivity contribution in [2.45, 2.75) is 38.6 Å². The van der Waals surface area contributed by atoms with E-state index in [-0.39, 0.29) is 6.04 Å². The predicted octanol–water partition coefficient (Wildman–Crippen LogP) is 1.03. The number of aromatic nitrogens is 4. The number of fused-ring (bicyclic) bond motifs is 1. The lowest BCUT2D eigenvalue weighted by atomic mass is 10.1. The van der Waals surface area contributed by atoms with Gasteiger partial charge in [-0.25, -0.2) is 0 Å². The molecular weight excluding hydrogens is 222 g/mol. The summed E-state index contributed by atoms with van der Waals surface area (Å²) in [6, 6.07) is 0.272. The van der Waals surface area contributed by atoms with Crippen LogP contribution in [0.5, 0.6) is 0 Å². The average Bonchev–Trinajstić information content (AvgIpc) is 2.94. The zero-order valence-corrected chi connectivity index (χ0v) is 10.1. The van der Waals surface area contributed by atoms with E-state index in [9.17, 15) is 0 Å². The van der Waals surface area contributed by atoms with Gasteiger partial charge in [0.25, 0.3) is 0 Å². The molecule has 0 aliphatic heterocycles. The van der Waals surface area contributed by atoms with Gasteiger partial charge in [0, 0.05) is 18.9 Å². The zero-order valence-electron chi connectivity index (χ0n) is 9.26. The molecule has 86 valence electrons. The van der Waals surface area contributed by atoms with Crippen molar-refractivity contribution in [3.05, 3.63) is 10.8 Å². The highest BCUT2D eigenvalue weighted by Gasteiger charge is 2.29. The van der Waals surface area contributed by atoms with E-state index >= 15 is 0 Å². The van der Waals surface area contributed by atoms with E-state index in [1.54, 1.807) is 11.3 Å². The van der Waals surface area contributed by atoms with Gasteiger partial charge in [0.15, 0.2) is 5.82 Å². The molecule has 1 saturated carbocycles. The van der Waals surface area contributed by atoms with Gasteiger partial charge in [0.1, 0.15) is 5.01 Å². The summed E-state index contributed by atoms with van der Waals surface area (Å²) >= 11 is 1.61. The van der Waals surface area contributed by atoms with Crippen LogP contribution in [0, 0.1) is 5.92 Å². The van der Waals surface area contributed by atoms with E-state index in [2.05, 4.69) is 22.2 Å². The molecule has 16 heavy (non-hydrogen) atoms. The maximum atomic E-state index is 6.09. The largest absolute Gasteiger partial charge is 0.327 e. The topological polar surface area (TPSA) is 69.1 Å². The Balaban J connectivity index is 1.84. The predicted molar refractivity (Wildman–Crippen MR) is 62.4 cm³/mol. The molecule has 2 heterocycles. The molecule has 0 saturated heterocycles. The number of nitrogens with zero attached hydrogens (tertiary/aromatic N) is 4. The van der Waals surface area contributed by atoms with Crippen molar-refractivity contribution in [2.75, 3.05) is 0 Å². The third kappa shape index (κ3) is 1.72. The Morgan fingerprint density at radius 1 is 1.50 bits per heavy atom. The smallest absolute Gasteiger partial charge is 0.234 e. The highest BCUT2D eigenvalue weighted by Crippen LogP contribution is 2.33. The van der Waals surface area contributed by atoms with Crippen LogP contribution in [0.4, 0.5) is 0 Å². The van der Waals surface area contributed by atoms with E-state index in [1.165, 1.54) is 12.8 Å². The van der Waals surface area contributed by atoms with Gasteiger partial charge < -0.3 is 5.73 Å². The van der Waals surface area contributed by atoms with Gasteiger partial charge in [0.2, 0.25) is 4.96 Å². The summed E-state index contributed by atoms with van der Waals surface area (Å²) < 4.78 is 1.85. The van der Waals surface area contributed by atoms with E-state index < -0.39 is 0 Å².